The summed E-state index contributed by atoms with van der Waals surface area (Å²) in [5, 5.41) is 3.75. The molecule has 0 saturated carbocycles. The van der Waals surface area contributed by atoms with E-state index in [4.69, 9.17) is 4.52 Å². The van der Waals surface area contributed by atoms with Crippen LogP contribution in [0.2, 0.25) is 0 Å². The summed E-state index contributed by atoms with van der Waals surface area (Å²) in [5.74, 6) is 1.01. The smallest absolute Gasteiger partial charge is 0.132 e. The van der Waals surface area contributed by atoms with Crippen LogP contribution in [-0.4, -0.2) is 46.2 Å². The van der Waals surface area contributed by atoms with E-state index >= 15 is 0 Å². The number of aryl methyl sites for hydroxylation is 1. The number of likely N-dealkylation sites (tertiary alicyclic amines) is 1. The van der Waals surface area contributed by atoms with Crippen molar-refractivity contribution in [1.82, 2.24) is 20.0 Å². The Balaban J connectivity index is 1.55. The van der Waals surface area contributed by atoms with Crippen molar-refractivity contribution >= 4 is 5.82 Å². The van der Waals surface area contributed by atoms with Gasteiger partial charge < -0.3 is 9.42 Å². The van der Waals surface area contributed by atoms with Gasteiger partial charge in [0, 0.05) is 50.0 Å². The van der Waals surface area contributed by atoms with Gasteiger partial charge in [-0.3, -0.25) is 4.90 Å². The van der Waals surface area contributed by atoms with Crippen molar-refractivity contribution in [3.63, 3.8) is 0 Å². The topological polar surface area (TPSA) is 58.3 Å². The Kier molecular flexibility index (Phi) is 4.15. The van der Waals surface area contributed by atoms with Crippen molar-refractivity contribution in [3.8, 4) is 0 Å². The molecule has 0 N–H and O–H groups in total. The molecular weight excluding hydrogens is 266 g/mol. The SMILES string of the molecule is Cc1cc(N(C)C2CCN(Cc3cnoc3)CC2)ncn1. The molecule has 1 saturated heterocycles. The molecule has 2 aromatic rings. The Bertz CT molecular complexity index is 563. The molecule has 3 heterocycles. The first-order valence-electron chi connectivity index (χ1n) is 7.34. The lowest BCUT2D eigenvalue weighted by molar-refractivity contribution is 0.202. The number of piperidine rings is 1. The first-order valence-corrected chi connectivity index (χ1v) is 7.34. The minimum atomic E-state index is 0.540. The first kappa shape index (κ1) is 14.0. The van der Waals surface area contributed by atoms with Gasteiger partial charge in [0.25, 0.3) is 0 Å². The van der Waals surface area contributed by atoms with Gasteiger partial charge in [-0.15, -0.1) is 0 Å². The van der Waals surface area contributed by atoms with E-state index in [0.29, 0.717) is 6.04 Å². The van der Waals surface area contributed by atoms with E-state index in [1.807, 2.05) is 13.0 Å². The van der Waals surface area contributed by atoms with Crippen LogP contribution in [0.1, 0.15) is 24.1 Å². The summed E-state index contributed by atoms with van der Waals surface area (Å²) < 4.78 is 4.89. The lowest BCUT2D eigenvalue weighted by Gasteiger charge is -2.37. The molecule has 0 atom stereocenters. The molecule has 0 bridgehead atoms. The van der Waals surface area contributed by atoms with Crippen LogP contribution >= 0.6 is 0 Å². The summed E-state index contributed by atoms with van der Waals surface area (Å²) in [6.07, 6.45) is 7.45. The average Bonchev–Trinajstić information content (AvgIpc) is 3.00. The highest BCUT2D eigenvalue weighted by molar-refractivity contribution is 5.39. The zero-order chi connectivity index (χ0) is 14.7. The van der Waals surface area contributed by atoms with Crippen LogP contribution < -0.4 is 4.90 Å². The summed E-state index contributed by atoms with van der Waals surface area (Å²) in [6, 6.07) is 2.58. The molecule has 1 aliphatic heterocycles. The van der Waals surface area contributed by atoms with E-state index in [9.17, 15) is 0 Å². The average molecular weight is 287 g/mol. The number of rotatable bonds is 4. The Hall–Kier alpha value is -1.95. The standard InChI is InChI=1S/C15H21N5O/c1-12-7-15(17-11-16-12)19(2)14-3-5-20(6-4-14)9-13-8-18-21-10-13/h7-8,10-11,14H,3-6,9H2,1-2H3. The van der Waals surface area contributed by atoms with E-state index in [1.165, 1.54) is 0 Å². The van der Waals surface area contributed by atoms with Crippen LogP contribution in [0, 0.1) is 6.92 Å². The van der Waals surface area contributed by atoms with Crippen molar-refractivity contribution in [1.29, 1.82) is 0 Å². The van der Waals surface area contributed by atoms with E-state index in [1.54, 1.807) is 18.8 Å². The van der Waals surface area contributed by atoms with Gasteiger partial charge in [0.15, 0.2) is 0 Å². The molecule has 0 amide bonds. The number of nitrogens with zero attached hydrogens (tertiary/aromatic N) is 5. The molecule has 0 aliphatic carbocycles. The second-order valence-corrected chi connectivity index (χ2v) is 5.67. The fraction of sp³-hybridized carbons (Fsp3) is 0.533. The van der Waals surface area contributed by atoms with E-state index < -0.39 is 0 Å². The molecule has 1 aliphatic rings. The quantitative estimate of drug-likeness (QED) is 0.855. The third-order valence-electron chi connectivity index (χ3n) is 4.15. The highest BCUT2D eigenvalue weighted by Gasteiger charge is 2.23. The number of hydrogen-bond donors (Lipinski definition) is 0. The molecule has 112 valence electrons. The van der Waals surface area contributed by atoms with Crippen molar-refractivity contribution in [3.05, 3.63) is 36.1 Å². The fourth-order valence-electron chi connectivity index (χ4n) is 2.85. The van der Waals surface area contributed by atoms with Crippen LogP contribution in [-0.2, 0) is 6.54 Å². The Labute approximate surface area is 124 Å². The molecule has 6 nitrogen and oxygen atoms in total. The third kappa shape index (κ3) is 3.39. The number of hydrogen-bond acceptors (Lipinski definition) is 6. The lowest BCUT2D eigenvalue weighted by Crippen LogP contribution is -2.43. The molecule has 0 aromatic carbocycles. The number of anilines is 1. The second-order valence-electron chi connectivity index (χ2n) is 5.67. The monoisotopic (exact) mass is 287 g/mol. The zero-order valence-electron chi connectivity index (χ0n) is 12.6. The van der Waals surface area contributed by atoms with Crippen molar-refractivity contribution in [2.75, 3.05) is 25.0 Å². The zero-order valence-corrected chi connectivity index (χ0v) is 12.6. The third-order valence-corrected chi connectivity index (χ3v) is 4.15. The van der Waals surface area contributed by atoms with Gasteiger partial charge in [-0.1, -0.05) is 5.16 Å². The molecular formula is C15H21N5O. The second kappa shape index (κ2) is 6.22. The molecule has 2 aromatic heterocycles. The molecule has 0 spiro atoms. The first-order chi connectivity index (χ1) is 10.2. The summed E-state index contributed by atoms with van der Waals surface area (Å²) in [6.45, 7) is 5.10. The predicted octanol–water partition coefficient (Wildman–Crippen LogP) is 1.87. The summed E-state index contributed by atoms with van der Waals surface area (Å²) >= 11 is 0. The summed E-state index contributed by atoms with van der Waals surface area (Å²) in [5.41, 5.74) is 2.16. The van der Waals surface area contributed by atoms with Gasteiger partial charge in [0.05, 0.1) is 6.20 Å². The minimum Gasteiger partial charge on any atom is -0.364 e. The largest absolute Gasteiger partial charge is 0.364 e. The molecule has 21 heavy (non-hydrogen) atoms. The van der Waals surface area contributed by atoms with Gasteiger partial charge in [0.1, 0.15) is 18.4 Å². The maximum absolute atomic E-state index is 4.89. The summed E-state index contributed by atoms with van der Waals surface area (Å²) in [7, 11) is 2.13. The van der Waals surface area contributed by atoms with Crippen molar-refractivity contribution in [2.24, 2.45) is 0 Å². The van der Waals surface area contributed by atoms with Crippen LogP contribution in [0.15, 0.2) is 29.4 Å². The van der Waals surface area contributed by atoms with E-state index in [-0.39, 0.29) is 0 Å². The minimum absolute atomic E-state index is 0.540. The van der Waals surface area contributed by atoms with Crippen LogP contribution in [0.25, 0.3) is 0 Å². The van der Waals surface area contributed by atoms with Crippen molar-refractivity contribution < 1.29 is 4.52 Å². The van der Waals surface area contributed by atoms with Gasteiger partial charge in [-0.2, -0.15) is 0 Å². The maximum atomic E-state index is 4.89. The van der Waals surface area contributed by atoms with Crippen LogP contribution in [0.5, 0.6) is 0 Å². The van der Waals surface area contributed by atoms with Crippen molar-refractivity contribution in [2.45, 2.75) is 32.4 Å². The van der Waals surface area contributed by atoms with E-state index in [2.05, 4.69) is 32.0 Å². The normalized spacial score (nSPS) is 17.0. The molecule has 6 heteroatoms. The Morgan fingerprint density at radius 1 is 1.33 bits per heavy atom. The van der Waals surface area contributed by atoms with Crippen LogP contribution in [0.3, 0.4) is 0 Å². The van der Waals surface area contributed by atoms with Gasteiger partial charge in [-0.25, -0.2) is 9.97 Å². The van der Waals surface area contributed by atoms with Gasteiger partial charge >= 0.3 is 0 Å². The highest BCUT2D eigenvalue weighted by atomic mass is 16.5. The van der Waals surface area contributed by atoms with E-state index in [0.717, 1.165) is 49.6 Å². The maximum Gasteiger partial charge on any atom is 0.132 e. The molecule has 0 unspecified atom stereocenters. The Morgan fingerprint density at radius 2 is 2.14 bits per heavy atom. The fourth-order valence-corrected chi connectivity index (χ4v) is 2.85. The highest BCUT2D eigenvalue weighted by Crippen LogP contribution is 2.21. The molecule has 0 radical (unpaired) electrons. The molecule has 1 fully saturated rings. The number of aromatic nitrogens is 3. The van der Waals surface area contributed by atoms with Crippen LogP contribution in [0.4, 0.5) is 5.82 Å². The van der Waals surface area contributed by atoms with Gasteiger partial charge in [0.2, 0.25) is 0 Å². The molecule has 3 rings (SSSR count). The summed E-state index contributed by atoms with van der Waals surface area (Å²) in [4.78, 5) is 13.3. The predicted molar refractivity (Wildman–Crippen MR) is 80.0 cm³/mol. The van der Waals surface area contributed by atoms with Gasteiger partial charge in [-0.05, 0) is 19.8 Å². The lowest BCUT2D eigenvalue weighted by atomic mass is 10.0. The Morgan fingerprint density at radius 3 is 2.81 bits per heavy atom.